The summed E-state index contributed by atoms with van der Waals surface area (Å²) in [5, 5.41) is 19.1. The molecule has 3 N–H and O–H groups in total. The zero-order valence-corrected chi connectivity index (χ0v) is 23.8. The molecule has 3 rings (SSSR count). The summed E-state index contributed by atoms with van der Waals surface area (Å²) < 4.78 is 22.3. The Kier molecular flexibility index (Phi) is 10.7. The second-order valence-electron chi connectivity index (χ2n) is 7.88. The highest BCUT2D eigenvalue weighted by Gasteiger charge is 2.32. The van der Waals surface area contributed by atoms with E-state index in [1.807, 2.05) is 6.07 Å². The van der Waals surface area contributed by atoms with Gasteiger partial charge in [0.25, 0.3) is 5.91 Å². The average Bonchev–Trinajstić information content (AvgIpc) is 2.91. The lowest BCUT2D eigenvalue weighted by Crippen LogP contribution is -2.45. The number of amides is 1. The minimum absolute atomic E-state index is 0.129. The molecule has 0 bridgehead atoms. The van der Waals surface area contributed by atoms with Crippen LogP contribution in [0.3, 0.4) is 0 Å². The molecule has 1 heterocycles. The Labute approximate surface area is 239 Å². The van der Waals surface area contributed by atoms with Gasteiger partial charge in [-0.15, -0.1) is 0 Å². The van der Waals surface area contributed by atoms with Gasteiger partial charge in [0, 0.05) is 21.3 Å². The van der Waals surface area contributed by atoms with E-state index in [9.17, 15) is 9.59 Å². The van der Waals surface area contributed by atoms with Crippen LogP contribution in [0.1, 0.15) is 31.0 Å². The number of esters is 1. The topological polar surface area (TPSA) is 143 Å². The molecule has 2 aromatic rings. The number of carbonyl (C=O) groups excluding carboxylic acids is 2. The van der Waals surface area contributed by atoms with Crippen LogP contribution in [-0.2, 0) is 14.3 Å². The van der Waals surface area contributed by atoms with Crippen molar-refractivity contribution in [2.24, 2.45) is 5.10 Å². The largest absolute Gasteiger partial charge is 0.493 e. The Morgan fingerprint density at radius 2 is 2.00 bits per heavy atom. The number of allylic oxidation sites excluding steroid dienone is 1. The molecule has 2 aromatic carbocycles. The van der Waals surface area contributed by atoms with Gasteiger partial charge in [-0.25, -0.2) is 10.2 Å². The van der Waals surface area contributed by atoms with E-state index in [2.05, 4.69) is 37.1 Å². The van der Waals surface area contributed by atoms with Crippen LogP contribution < -0.4 is 30.3 Å². The van der Waals surface area contributed by atoms with Crippen molar-refractivity contribution in [3.8, 4) is 23.3 Å². The van der Waals surface area contributed by atoms with Crippen molar-refractivity contribution in [2.45, 2.75) is 19.9 Å². The number of ether oxygens (including phenoxy) is 4. The van der Waals surface area contributed by atoms with Crippen molar-refractivity contribution in [3.63, 3.8) is 0 Å². The van der Waals surface area contributed by atoms with Gasteiger partial charge in [-0.2, -0.15) is 10.4 Å². The number of nitriles is 1. The van der Waals surface area contributed by atoms with E-state index in [0.29, 0.717) is 49.2 Å². The fraction of sp³-hybridized carbons (Fsp3) is 0.269. The maximum absolute atomic E-state index is 12.7. The molecule has 1 aliphatic heterocycles. The first kappa shape index (κ1) is 29.4. The number of nitrogens with one attached hydrogen (secondary N) is 3. The number of thiocarbonyl (C=S) groups is 1. The predicted molar refractivity (Wildman–Crippen MR) is 150 cm³/mol. The maximum Gasteiger partial charge on any atom is 0.338 e. The third kappa shape index (κ3) is 7.68. The molecule has 13 heteroatoms. The Balaban J connectivity index is 1.70. The molecule has 0 aromatic heterocycles. The van der Waals surface area contributed by atoms with Crippen LogP contribution in [0, 0.1) is 11.3 Å². The quantitative estimate of drug-likeness (QED) is 0.149. The highest BCUT2D eigenvalue weighted by atomic mass is 79.9. The lowest BCUT2D eigenvalue weighted by Gasteiger charge is -2.30. The summed E-state index contributed by atoms with van der Waals surface area (Å²) in [6.07, 6.45) is 1.42. The normalized spacial score (nSPS) is 14.6. The monoisotopic (exact) mass is 615 g/mol. The number of halogens is 1. The minimum atomic E-state index is -0.637. The van der Waals surface area contributed by atoms with Crippen LogP contribution in [0.4, 0.5) is 0 Å². The second kappa shape index (κ2) is 14.1. The van der Waals surface area contributed by atoms with Gasteiger partial charge in [0.05, 0.1) is 31.5 Å². The van der Waals surface area contributed by atoms with Crippen LogP contribution >= 0.6 is 28.1 Å². The lowest BCUT2D eigenvalue weighted by molar-refractivity contribution is -0.139. The van der Waals surface area contributed by atoms with Gasteiger partial charge >= 0.3 is 5.97 Å². The van der Waals surface area contributed by atoms with Crippen molar-refractivity contribution >= 4 is 51.4 Å². The van der Waals surface area contributed by atoms with Crippen LogP contribution in [0.5, 0.6) is 17.2 Å². The number of benzene rings is 2. The van der Waals surface area contributed by atoms with Crippen molar-refractivity contribution in [2.75, 3.05) is 26.9 Å². The molecule has 1 amide bonds. The molecule has 0 saturated heterocycles. The van der Waals surface area contributed by atoms with Crippen LogP contribution in [0.2, 0.25) is 0 Å². The Morgan fingerprint density at radius 3 is 2.72 bits per heavy atom. The zero-order chi connectivity index (χ0) is 28.4. The van der Waals surface area contributed by atoms with Gasteiger partial charge in [-0.3, -0.25) is 4.79 Å². The molecule has 1 aliphatic rings. The molecule has 0 fully saturated rings. The number of para-hydroxylation sites is 1. The first-order valence-electron chi connectivity index (χ1n) is 11.6. The van der Waals surface area contributed by atoms with E-state index < -0.39 is 17.9 Å². The number of hydrogen-bond acceptors (Lipinski definition) is 9. The van der Waals surface area contributed by atoms with E-state index >= 15 is 0 Å². The number of methoxy groups -OCH3 is 1. The van der Waals surface area contributed by atoms with Crippen LogP contribution in [-0.4, -0.2) is 50.1 Å². The second-order valence-corrected chi connectivity index (χ2v) is 9.14. The van der Waals surface area contributed by atoms with Crippen molar-refractivity contribution < 1.29 is 28.5 Å². The average molecular weight is 616 g/mol. The molecule has 0 saturated carbocycles. The molecule has 0 aliphatic carbocycles. The number of hydrogen-bond donors (Lipinski definition) is 3. The van der Waals surface area contributed by atoms with Crippen molar-refractivity contribution in [3.05, 3.63) is 63.3 Å². The SMILES string of the molecule is CCOC(=O)C1=C(C)NC(=S)N[C@@H]1c1ccccc1OCC(=O)NN=Cc1cc(OC)c(OCC#N)cc1Br. The van der Waals surface area contributed by atoms with Crippen LogP contribution in [0.15, 0.2) is 57.2 Å². The van der Waals surface area contributed by atoms with Gasteiger partial charge in [-0.1, -0.05) is 18.2 Å². The molecule has 0 unspecified atom stereocenters. The van der Waals surface area contributed by atoms with E-state index in [1.165, 1.54) is 13.3 Å². The van der Waals surface area contributed by atoms with Crippen molar-refractivity contribution in [1.82, 2.24) is 16.1 Å². The summed E-state index contributed by atoms with van der Waals surface area (Å²) >= 11 is 8.70. The first-order valence-corrected chi connectivity index (χ1v) is 12.8. The van der Waals surface area contributed by atoms with Gasteiger partial charge in [-0.05, 0) is 60.2 Å². The summed E-state index contributed by atoms with van der Waals surface area (Å²) in [7, 11) is 1.47. The third-order valence-electron chi connectivity index (χ3n) is 5.32. The van der Waals surface area contributed by atoms with Gasteiger partial charge < -0.3 is 29.6 Å². The molecule has 39 heavy (non-hydrogen) atoms. The number of rotatable bonds is 11. The lowest BCUT2D eigenvalue weighted by atomic mass is 9.95. The van der Waals surface area contributed by atoms with Crippen LogP contribution in [0.25, 0.3) is 0 Å². The molecule has 1 atom stereocenters. The van der Waals surface area contributed by atoms with E-state index in [-0.39, 0.29) is 19.8 Å². The molecule has 0 spiro atoms. The van der Waals surface area contributed by atoms with Gasteiger partial charge in [0.15, 0.2) is 29.8 Å². The Morgan fingerprint density at radius 1 is 1.23 bits per heavy atom. The Hall–Kier alpha value is -4.15. The molecule has 0 radical (unpaired) electrons. The van der Waals surface area contributed by atoms with Crippen molar-refractivity contribution in [1.29, 1.82) is 5.26 Å². The smallest absolute Gasteiger partial charge is 0.338 e. The Bertz CT molecular complexity index is 1360. The minimum Gasteiger partial charge on any atom is -0.493 e. The maximum atomic E-state index is 12.7. The van der Waals surface area contributed by atoms with E-state index in [4.69, 9.17) is 36.4 Å². The van der Waals surface area contributed by atoms with E-state index in [1.54, 1.807) is 50.2 Å². The number of hydrazone groups is 1. The molecular weight excluding hydrogens is 590 g/mol. The third-order valence-corrected chi connectivity index (χ3v) is 6.23. The summed E-state index contributed by atoms with van der Waals surface area (Å²) in [4.78, 5) is 25.2. The molecule has 11 nitrogen and oxygen atoms in total. The van der Waals surface area contributed by atoms with Gasteiger partial charge in [0.1, 0.15) is 11.8 Å². The predicted octanol–water partition coefficient (Wildman–Crippen LogP) is 3.25. The standard InChI is InChI=1S/C26H26BrN5O6S/c1-4-36-25(34)23-15(2)30-26(39)31-24(23)17-7-5-6-8-19(17)38-14-22(33)32-29-13-16-11-20(35-3)21(12-18(16)27)37-10-9-28/h5-8,11-13,24H,4,10,14H2,1-3H3,(H,32,33)(H2,30,31,39)/t24-/m1/s1. The summed E-state index contributed by atoms with van der Waals surface area (Å²) in [5.41, 5.74) is 4.55. The highest BCUT2D eigenvalue weighted by molar-refractivity contribution is 9.10. The highest BCUT2D eigenvalue weighted by Crippen LogP contribution is 2.34. The molecular formula is C26H26BrN5O6S. The van der Waals surface area contributed by atoms with Gasteiger partial charge in [0.2, 0.25) is 0 Å². The number of carbonyl (C=O) groups is 2. The fourth-order valence-electron chi connectivity index (χ4n) is 3.64. The number of nitrogens with zero attached hydrogens (tertiary/aromatic N) is 2. The summed E-state index contributed by atoms with van der Waals surface area (Å²) in [6, 6.07) is 11.6. The summed E-state index contributed by atoms with van der Waals surface area (Å²) in [6.45, 7) is 3.21. The molecule has 204 valence electrons. The van der Waals surface area contributed by atoms with E-state index in [0.717, 1.165) is 0 Å². The first-order chi connectivity index (χ1) is 18.8. The fourth-order valence-corrected chi connectivity index (χ4v) is 4.33. The zero-order valence-electron chi connectivity index (χ0n) is 21.4. The summed E-state index contributed by atoms with van der Waals surface area (Å²) in [5.74, 6) is 0.174.